The molecule has 6 rings (SSSR count). The molecule has 9 heteroatoms. The highest BCUT2D eigenvalue weighted by molar-refractivity contribution is 7.22. The number of ether oxygens (including phenoxy) is 2. The van der Waals surface area contributed by atoms with E-state index < -0.39 is 17.7 Å². The lowest BCUT2D eigenvalue weighted by Gasteiger charge is -2.23. The van der Waals surface area contributed by atoms with Crippen LogP contribution in [0.15, 0.2) is 103 Å². The Morgan fingerprint density at radius 1 is 0.927 bits per heavy atom. The number of carbonyl (C=O) groups excluding carboxylic acids is 2. The predicted octanol–water partition coefficient (Wildman–Crippen LogP) is 7.77. The van der Waals surface area contributed by atoms with Crippen LogP contribution in [0.3, 0.4) is 0 Å². The third-order valence-corrected chi connectivity index (χ3v) is 7.81. The number of Topliss-reactive ketones (excluding diaryl/α,β-unsaturated/α-hetero) is 1. The van der Waals surface area contributed by atoms with Crippen molar-refractivity contribution in [2.24, 2.45) is 0 Å². The molecule has 5 aromatic rings. The topological polar surface area (TPSA) is 89.0 Å². The summed E-state index contributed by atoms with van der Waals surface area (Å²) in [7, 11) is 0. The van der Waals surface area contributed by atoms with Gasteiger partial charge in [-0.15, -0.1) is 0 Å². The van der Waals surface area contributed by atoms with Crippen LogP contribution in [0.25, 0.3) is 16.0 Å². The highest BCUT2D eigenvalue weighted by Gasteiger charge is 2.48. The molecule has 1 N–H and O–H groups in total. The maximum atomic E-state index is 13.6. The first-order valence-electron chi connectivity index (χ1n) is 12.9. The first kappa shape index (κ1) is 26.6. The first-order valence-corrected chi connectivity index (χ1v) is 14.1. The number of para-hydroxylation sites is 1. The van der Waals surface area contributed by atoms with Crippen molar-refractivity contribution in [1.82, 2.24) is 4.98 Å². The largest absolute Gasteiger partial charge is 0.507 e. The number of nitrogens with zero attached hydrogens (tertiary/aromatic N) is 2. The Hall–Kier alpha value is -4.66. The average molecular weight is 583 g/mol. The third-order valence-electron chi connectivity index (χ3n) is 6.56. The minimum absolute atomic E-state index is 0.0576. The number of anilines is 1. The van der Waals surface area contributed by atoms with Crippen molar-refractivity contribution in [3.8, 4) is 17.2 Å². The monoisotopic (exact) mass is 582 g/mol. The maximum Gasteiger partial charge on any atom is 0.301 e. The highest BCUT2D eigenvalue weighted by atomic mass is 35.5. The number of halogens is 1. The van der Waals surface area contributed by atoms with Crippen molar-refractivity contribution < 1.29 is 24.2 Å². The van der Waals surface area contributed by atoms with E-state index >= 15 is 0 Å². The van der Waals surface area contributed by atoms with Crippen molar-refractivity contribution in [3.05, 3.63) is 119 Å². The zero-order chi connectivity index (χ0) is 28.5. The molecule has 7 nitrogen and oxygen atoms in total. The lowest BCUT2D eigenvalue weighted by Crippen LogP contribution is -2.29. The second-order valence-corrected chi connectivity index (χ2v) is 10.7. The third kappa shape index (κ3) is 5.15. The van der Waals surface area contributed by atoms with Gasteiger partial charge in [-0.1, -0.05) is 65.4 Å². The molecule has 1 aromatic heterocycles. The Morgan fingerprint density at radius 3 is 2.49 bits per heavy atom. The average Bonchev–Trinajstić information content (AvgIpc) is 3.51. The number of carbonyl (C=O) groups is 2. The normalized spacial score (nSPS) is 16.3. The van der Waals surface area contributed by atoms with E-state index in [-0.39, 0.29) is 11.3 Å². The summed E-state index contributed by atoms with van der Waals surface area (Å²) in [6, 6.07) is 27.4. The van der Waals surface area contributed by atoms with Gasteiger partial charge in [0.05, 0.1) is 28.4 Å². The number of rotatable bonds is 7. The Kier molecular flexibility index (Phi) is 7.17. The van der Waals surface area contributed by atoms with Gasteiger partial charge >= 0.3 is 5.91 Å². The molecule has 0 spiro atoms. The number of thiazole rings is 1. The molecule has 2 heterocycles. The van der Waals surface area contributed by atoms with Crippen LogP contribution in [0.5, 0.6) is 17.2 Å². The first-order chi connectivity index (χ1) is 19.9. The van der Waals surface area contributed by atoms with Crippen LogP contribution in [0.2, 0.25) is 5.02 Å². The van der Waals surface area contributed by atoms with Gasteiger partial charge in [-0.05, 0) is 67.1 Å². The molecule has 0 radical (unpaired) electrons. The van der Waals surface area contributed by atoms with Crippen molar-refractivity contribution in [2.75, 3.05) is 11.5 Å². The van der Waals surface area contributed by atoms with Gasteiger partial charge in [0.15, 0.2) is 5.13 Å². The molecule has 1 fully saturated rings. The summed E-state index contributed by atoms with van der Waals surface area (Å²) in [4.78, 5) is 33.3. The highest BCUT2D eigenvalue weighted by Crippen LogP contribution is 2.45. The molecular weight excluding hydrogens is 560 g/mol. The molecule has 1 aliphatic rings. The number of hydrogen-bond donors (Lipinski definition) is 1. The minimum Gasteiger partial charge on any atom is -0.507 e. The Labute approximate surface area is 244 Å². The van der Waals surface area contributed by atoms with Crippen LogP contribution in [0, 0.1) is 0 Å². The van der Waals surface area contributed by atoms with Crippen LogP contribution >= 0.6 is 22.9 Å². The van der Waals surface area contributed by atoms with Gasteiger partial charge in [0.1, 0.15) is 23.0 Å². The summed E-state index contributed by atoms with van der Waals surface area (Å²) in [6.45, 7) is 2.29. The second kappa shape index (κ2) is 11.1. The van der Waals surface area contributed by atoms with Gasteiger partial charge in [-0.2, -0.15) is 0 Å². The van der Waals surface area contributed by atoms with Crippen LogP contribution in [-0.2, 0) is 9.59 Å². The number of fused-ring (bicyclic) bond motifs is 1. The fourth-order valence-corrected chi connectivity index (χ4v) is 6.03. The Bertz CT molecular complexity index is 1820. The van der Waals surface area contributed by atoms with Crippen molar-refractivity contribution in [2.45, 2.75) is 13.0 Å². The Balaban J connectivity index is 1.52. The number of hydrogen-bond acceptors (Lipinski definition) is 7. The summed E-state index contributed by atoms with van der Waals surface area (Å²) in [6.07, 6.45) is 0. The van der Waals surface area contributed by atoms with Crippen LogP contribution in [0.1, 0.15) is 24.1 Å². The van der Waals surface area contributed by atoms with E-state index in [4.69, 9.17) is 21.1 Å². The van der Waals surface area contributed by atoms with E-state index in [0.717, 1.165) is 4.70 Å². The molecule has 41 heavy (non-hydrogen) atoms. The van der Waals surface area contributed by atoms with E-state index in [2.05, 4.69) is 4.98 Å². The van der Waals surface area contributed by atoms with E-state index in [0.29, 0.717) is 50.7 Å². The number of amides is 1. The lowest BCUT2D eigenvalue weighted by atomic mass is 9.95. The molecule has 0 aliphatic carbocycles. The summed E-state index contributed by atoms with van der Waals surface area (Å²) in [5, 5.41) is 12.4. The standard InChI is InChI=1S/C32H23ClN2O5S/c1-2-39-23-12-7-9-20(17-23)29(36)27-28(19-8-6-13-24(16-19)40-22-10-4-3-5-11-22)35(31(38)30(27)37)32-34-25-15-14-21(33)18-26(25)41-32/h3-18,28,36H,2H2,1H3. The van der Waals surface area contributed by atoms with Gasteiger partial charge in [0.2, 0.25) is 0 Å². The number of ketones is 1. The zero-order valence-electron chi connectivity index (χ0n) is 21.8. The number of aliphatic hydroxyl groups is 1. The van der Waals surface area contributed by atoms with Crippen LogP contribution in [0.4, 0.5) is 5.13 Å². The maximum absolute atomic E-state index is 13.6. The Morgan fingerprint density at radius 2 is 1.68 bits per heavy atom. The quantitative estimate of drug-likeness (QED) is 0.120. The fourth-order valence-electron chi connectivity index (χ4n) is 4.76. The van der Waals surface area contributed by atoms with E-state index in [9.17, 15) is 14.7 Å². The van der Waals surface area contributed by atoms with Crippen LogP contribution < -0.4 is 14.4 Å². The van der Waals surface area contributed by atoms with Gasteiger partial charge in [-0.25, -0.2) is 4.98 Å². The fraction of sp³-hybridized carbons (Fsp3) is 0.0938. The molecule has 1 unspecified atom stereocenters. The molecule has 4 aromatic carbocycles. The number of benzene rings is 4. The van der Waals surface area contributed by atoms with E-state index in [1.54, 1.807) is 66.7 Å². The smallest absolute Gasteiger partial charge is 0.301 e. The summed E-state index contributed by atoms with van der Waals surface area (Å²) in [5.41, 5.74) is 1.50. The molecule has 0 bridgehead atoms. The van der Waals surface area contributed by atoms with Crippen LogP contribution in [-0.4, -0.2) is 28.4 Å². The summed E-state index contributed by atoms with van der Waals surface area (Å²) >= 11 is 7.44. The molecule has 1 amide bonds. The molecule has 1 saturated heterocycles. The van der Waals surface area contributed by atoms with Crippen molar-refractivity contribution >= 4 is 55.7 Å². The minimum atomic E-state index is -0.971. The number of aliphatic hydroxyl groups excluding tert-OH is 1. The SMILES string of the molecule is CCOc1cccc(C(O)=C2C(=O)C(=O)N(c3nc4ccc(Cl)cc4s3)C2c2cccc(Oc3ccccc3)c2)c1. The summed E-state index contributed by atoms with van der Waals surface area (Å²) < 4.78 is 12.4. The molecule has 0 saturated carbocycles. The molecular formula is C32H23ClN2O5S. The van der Waals surface area contributed by atoms with Crippen molar-refractivity contribution in [3.63, 3.8) is 0 Å². The zero-order valence-corrected chi connectivity index (χ0v) is 23.4. The van der Waals surface area contributed by atoms with Gasteiger partial charge in [0.25, 0.3) is 5.78 Å². The van der Waals surface area contributed by atoms with E-state index in [1.165, 1.54) is 16.2 Å². The molecule has 1 aliphatic heterocycles. The van der Waals surface area contributed by atoms with Gasteiger partial charge in [0, 0.05) is 10.6 Å². The molecule has 1 atom stereocenters. The van der Waals surface area contributed by atoms with Gasteiger partial charge in [-0.3, -0.25) is 14.5 Å². The number of aromatic nitrogens is 1. The van der Waals surface area contributed by atoms with Gasteiger partial charge < -0.3 is 14.6 Å². The second-order valence-electron chi connectivity index (χ2n) is 9.23. The summed E-state index contributed by atoms with van der Waals surface area (Å²) in [5.74, 6) is -0.249. The van der Waals surface area contributed by atoms with Crippen molar-refractivity contribution in [1.29, 1.82) is 0 Å². The molecule has 204 valence electrons. The van der Waals surface area contributed by atoms with E-state index in [1.807, 2.05) is 37.3 Å². The lowest BCUT2D eigenvalue weighted by molar-refractivity contribution is -0.132. The predicted molar refractivity (Wildman–Crippen MR) is 160 cm³/mol.